The predicted octanol–water partition coefficient (Wildman–Crippen LogP) is 3.88. The van der Waals surface area contributed by atoms with Gasteiger partial charge in [-0.2, -0.15) is 13.2 Å². The van der Waals surface area contributed by atoms with E-state index in [-0.39, 0.29) is 17.4 Å². The normalized spacial score (nSPS) is 17.7. The second kappa shape index (κ2) is 7.98. The topological polar surface area (TPSA) is 53.2 Å². The molecule has 1 unspecified atom stereocenters. The van der Waals surface area contributed by atoms with Crippen LogP contribution in [0.1, 0.15) is 40.7 Å². The summed E-state index contributed by atoms with van der Waals surface area (Å²) >= 11 is 0. The number of hydrogen-bond donors (Lipinski definition) is 1. The van der Waals surface area contributed by atoms with Crippen LogP contribution in [0.15, 0.2) is 47.4 Å². The number of H-pyrrole nitrogens is 1. The number of halogens is 3. The van der Waals surface area contributed by atoms with Gasteiger partial charge >= 0.3 is 6.18 Å². The number of aromatic amines is 1. The van der Waals surface area contributed by atoms with E-state index >= 15 is 0 Å². The number of nitrogens with one attached hydrogen (secondary N) is 1. The lowest BCUT2D eigenvalue weighted by Gasteiger charge is -2.32. The van der Waals surface area contributed by atoms with Crippen molar-refractivity contribution in [3.8, 4) is 0 Å². The van der Waals surface area contributed by atoms with Gasteiger partial charge in [-0.25, -0.2) is 0 Å². The Kier molecular flexibility index (Phi) is 5.68. The third kappa shape index (κ3) is 4.78. The van der Waals surface area contributed by atoms with E-state index in [9.17, 15) is 22.8 Å². The molecule has 0 aliphatic carbocycles. The Balaban J connectivity index is 1.61. The molecule has 1 saturated heterocycles. The summed E-state index contributed by atoms with van der Waals surface area (Å²) in [5, 5.41) is 0. The molecule has 2 aromatic rings. The van der Waals surface area contributed by atoms with Crippen LogP contribution in [0, 0.1) is 5.92 Å². The highest BCUT2D eigenvalue weighted by atomic mass is 19.4. The van der Waals surface area contributed by atoms with Gasteiger partial charge in [-0.1, -0.05) is 18.2 Å². The zero-order valence-corrected chi connectivity index (χ0v) is 14.8. The Morgan fingerprint density at radius 2 is 2.04 bits per heavy atom. The van der Waals surface area contributed by atoms with E-state index in [4.69, 9.17) is 0 Å². The van der Waals surface area contributed by atoms with Gasteiger partial charge in [-0.3, -0.25) is 9.59 Å². The number of piperidine rings is 1. The fraction of sp³-hybridized carbons (Fsp3) is 0.400. The predicted molar refractivity (Wildman–Crippen MR) is 95.5 cm³/mol. The maximum Gasteiger partial charge on any atom is 0.416 e. The SMILES string of the molecule is O=C(c1ccc[nH]c1=O)N1CCCC(CCc2cccc(C(F)(F)F)c2)C1. The summed E-state index contributed by atoms with van der Waals surface area (Å²) in [6.45, 7) is 1.11. The van der Waals surface area contributed by atoms with Gasteiger partial charge in [-0.15, -0.1) is 0 Å². The molecule has 2 heterocycles. The first-order valence-electron chi connectivity index (χ1n) is 8.97. The summed E-state index contributed by atoms with van der Waals surface area (Å²) in [6, 6.07) is 8.51. The zero-order valence-electron chi connectivity index (χ0n) is 14.8. The van der Waals surface area contributed by atoms with Crippen molar-refractivity contribution in [1.82, 2.24) is 9.88 Å². The number of hydrogen-bond acceptors (Lipinski definition) is 2. The van der Waals surface area contributed by atoms with Crippen LogP contribution in [-0.2, 0) is 12.6 Å². The van der Waals surface area contributed by atoms with Gasteiger partial charge in [0.05, 0.1) is 5.56 Å². The van der Waals surface area contributed by atoms with Crippen molar-refractivity contribution in [2.75, 3.05) is 13.1 Å². The van der Waals surface area contributed by atoms with Crippen molar-refractivity contribution in [1.29, 1.82) is 0 Å². The summed E-state index contributed by atoms with van der Waals surface area (Å²) in [6.07, 6.45) is 0.121. The number of rotatable bonds is 4. The summed E-state index contributed by atoms with van der Waals surface area (Å²) in [5.74, 6) is -0.0827. The molecule has 0 bridgehead atoms. The van der Waals surface area contributed by atoms with Gasteiger partial charge in [0.15, 0.2) is 0 Å². The Labute approximate surface area is 155 Å². The van der Waals surface area contributed by atoms with Gasteiger partial charge in [0, 0.05) is 19.3 Å². The molecule has 3 rings (SSSR count). The number of likely N-dealkylation sites (tertiary alicyclic amines) is 1. The minimum absolute atomic E-state index is 0.121. The number of benzene rings is 1. The van der Waals surface area contributed by atoms with E-state index in [1.54, 1.807) is 17.0 Å². The second-order valence-electron chi connectivity index (χ2n) is 6.91. The van der Waals surface area contributed by atoms with E-state index < -0.39 is 17.3 Å². The molecule has 1 N–H and O–H groups in total. The fourth-order valence-corrected chi connectivity index (χ4v) is 3.52. The molecule has 1 aromatic heterocycles. The van der Waals surface area contributed by atoms with Crippen molar-refractivity contribution in [3.05, 3.63) is 69.6 Å². The summed E-state index contributed by atoms with van der Waals surface area (Å²) in [5.41, 5.74) is -0.277. The quantitative estimate of drug-likeness (QED) is 0.878. The molecule has 27 heavy (non-hydrogen) atoms. The maximum atomic E-state index is 12.8. The molecule has 1 aliphatic heterocycles. The van der Waals surface area contributed by atoms with E-state index in [1.807, 2.05) is 0 Å². The summed E-state index contributed by atoms with van der Waals surface area (Å²) < 4.78 is 38.5. The average molecular weight is 378 g/mol. The molecular formula is C20H21F3N2O2. The molecule has 0 spiro atoms. The van der Waals surface area contributed by atoms with Crippen LogP contribution >= 0.6 is 0 Å². The zero-order chi connectivity index (χ0) is 19.4. The van der Waals surface area contributed by atoms with Crippen molar-refractivity contribution >= 4 is 5.91 Å². The van der Waals surface area contributed by atoms with Crippen LogP contribution in [0.2, 0.25) is 0 Å². The molecule has 4 nitrogen and oxygen atoms in total. The molecule has 0 saturated carbocycles. The highest BCUT2D eigenvalue weighted by molar-refractivity contribution is 5.93. The smallest absolute Gasteiger partial charge is 0.338 e. The van der Waals surface area contributed by atoms with Crippen LogP contribution < -0.4 is 5.56 Å². The van der Waals surface area contributed by atoms with E-state index in [0.29, 0.717) is 31.5 Å². The van der Waals surface area contributed by atoms with Crippen LogP contribution in [0.3, 0.4) is 0 Å². The van der Waals surface area contributed by atoms with E-state index in [1.165, 1.54) is 24.4 Å². The molecule has 1 aliphatic rings. The highest BCUT2D eigenvalue weighted by Crippen LogP contribution is 2.30. The Hall–Kier alpha value is -2.57. The van der Waals surface area contributed by atoms with E-state index in [2.05, 4.69) is 4.98 Å². The van der Waals surface area contributed by atoms with Crippen molar-refractivity contribution < 1.29 is 18.0 Å². The molecular weight excluding hydrogens is 357 g/mol. The third-order valence-electron chi connectivity index (χ3n) is 4.95. The number of pyridine rings is 1. The molecule has 7 heteroatoms. The Morgan fingerprint density at radius 3 is 2.78 bits per heavy atom. The average Bonchev–Trinajstić information content (AvgIpc) is 2.66. The Bertz CT molecular complexity index is 861. The van der Waals surface area contributed by atoms with Crippen LogP contribution in [0.4, 0.5) is 13.2 Å². The molecule has 1 atom stereocenters. The minimum Gasteiger partial charge on any atom is -0.338 e. The first-order valence-corrected chi connectivity index (χ1v) is 8.97. The first kappa shape index (κ1) is 19.2. The second-order valence-corrected chi connectivity index (χ2v) is 6.91. The first-order chi connectivity index (χ1) is 12.8. The number of carbonyl (C=O) groups is 1. The van der Waals surface area contributed by atoms with Crippen molar-refractivity contribution in [2.45, 2.75) is 31.9 Å². The lowest BCUT2D eigenvalue weighted by Crippen LogP contribution is -2.41. The number of aryl methyl sites for hydroxylation is 1. The van der Waals surface area contributed by atoms with Crippen LogP contribution in [-0.4, -0.2) is 28.9 Å². The van der Waals surface area contributed by atoms with Crippen molar-refractivity contribution in [2.24, 2.45) is 5.92 Å². The van der Waals surface area contributed by atoms with E-state index in [0.717, 1.165) is 18.9 Å². The van der Waals surface area contributed by atoms with Crippen LogP contribution in [0.5, 0.6) is 0 Å². The Morgan fingerprint density at radius 1 is 1.22 bits per heavy atom. The standard InChI is InChI=1S/C20H21F3N2O2/c21-20(22,23)16-6-1-4-14(12-16)8-9-15-5-3-11-25(13-15)19(27)17-7-2-10-24-18(17)26/h1-2,4,6-7,10,12,15H,3,5,8-9,11,13H2,(H,24,26). The molecule has 1 fully saturated rings. The minimum atomic E-state index is -4.34. The lowest BCUT2D eigenvalue weighted by atomic mass is 9.91. The molecule has 144 valence electrons. The number of amides is 1. The number of aromatic nitrogens is 1. The number of alkyl halides is 3. The van der Waals surface area contributed by atoms with Gasteiger partial charge in [0.1, 0.15) is 5.56 Å². The molecule has 1 aromatic carbocycles. The van der Waals surface area contributed by atoms with Gasteiger partial charge in [0.25, 0.3) is 11.5 Å². The fourth-order valence-electron chi connectivity index (χ4n) is 3.52. The monoisotopic (exact) mass is 378 g/mol. The van der Waals surface area contributed by atoms with Crippen molar-refractivity contribution in [3.63, 3.8) is 0 Å². The lowest BCUT2D eigenvalue weighted by molar-refractivity contribution is -0.137. The van der Waals surface area contributed by atoms with Crippen LogP contribution in [0.25, 0.3) is 0 Å². The molecule has 1 amide bonds. The van der Waals surface area contributed by atoms with Gasteiger partial charge in [0.2, 0.25) is 0 Å². The van der Waals surface area contributed by atoms with Gasteiger partial charge < -0.3 is 9.88 Å². The largest absolute Gasteiger partial charge is 0.416 e. The number of carbonyl (C=O) groups excluding carboxylic acids is 1. The summed E-state index contributed by atoms with van der Waals surface area (Å²) in [7, 11) is 0. The molecule has 0 radical (unpaired) electrons. The van der Waals surface area contributed by atoms with Gasteiger partial charge in [-0.05, 0) is 55.4 Å². The highest BCUT2D eigenvalue weighted by Gasteiger charge is 2.30. The summed E-state index contributed by atoms with van der Waals surface area (Å²) in [4.78, 5) is 28.6. The maximum absolute atomic E-state index is 12.8. The third-order valence-corrected chi connectivity index (χ3v) is 4.95. The number of nitrogens with zero attached hydrogens (tertiary/aromatic N) is 1.